The van der Waals surface area contributed by atoms with Crippen molar-refractivity contribution in [3.05, 3.63) is 85.6 Å². The Morgan fingerprint density at radius 2 is 2.00 bits per heavy atom. The zero-order chi connectivity index (χ0) is 19.7. The Morgan fingerprint density at radius 3 is 2.64 bits per heavy atom. The molecule has 0 saturated heterocycles. The quantitative estimate of drug-likeness (QED) is 0.313. The highest BCUT2D eigenvalue weighted by molar-refractivity contribution is 7.10. The first-order chi connectivity index (χ1) is 13.6. The second kappa shape index (κ2) is 7.66. The van der Waals surface area contributed by atoms with Crippen LogP contribution in [0, 0.1) is 10.1 Å². The van der Waals surface area contributed by atoms with Crippen LogP contribution in [0.5, 0.6) is 5.75 Å². The van der Waals surface area contributed by atoms with Crippen molar-refractivity contribution in [2.75, 3.05) is 13.7 Å². The third-order valence-corrected chi connectivity index (χ3v) is 5.97. The van der Waals surface area contributed by atoms with Gasteiger partial charge < -0.3 is 9.72 Å². The smallest absolute Gasteiger partial charge is 0.215 e. The SMILES string of the molecule is COc1ccc(-c2[nH]c3cc(Cl)ccc3c2C(C[N+](=O)[O-])c2cccs2)cc1. The fourth-order valence-electron chi connectivity index (χ4n) is 3.50. The fraction of sp³-hybridized carbons (Fsp3) is 0.143. The van der Waals surface area contributed by atoms with Crippen molar-refractivity contribution in [2.45, 2.75) is 5.92 Å². The van der Waals surface area contributed by atoms with E-state index in [9.17, 15) is 10.1 Å². The molecule has 0 amide bonds. The molecular weight excluding hydrogens is 396 g/mol. The molecule has 0 bridgehead atoms. The van der Waals surface area contributed by atoms with Gasteiger partial charge in [0.2, 0.25) is 6.54 Å². The van der Waals surface area contributed by atoms with E-state index >= 15 is 0 Å². The number of nitro groups is 1. The van der Waals surface area contributed by atoms with Crippen LogP contribution in [-0.2, 0) is 0 Å². The summed E-state index contributed by atoms with van der Waals surface area (Å²) in [6.07, 6.45) is 0. The van der Waals surface area contributed by atoms with Gasteiger partial charge in [-0.2, -0.15) is 0 Å². The second-order valence-electron chi connectivity index (χ2n) is 6.42. The zero-order valence-corrected chi connectivity index (χ0v) is 16.6. The first-order valence-electron chi connectivity index (χ1n) is 8.67. The van der Waals surface area contributed by atoms with Crippen molar-refractivity contribution < 1.29 is 9.66 Å². The monoisotopic (exact) mass is 412 g/mol. The molecule has 0 saturated carbocycles. The molecule has 4 rings (SSSR count). The van der Waals surface area contributed by atoms with Crippen LogP contribution >= 0.6 is 22.9 Å². The Morgan fingerprint density at radius 1 is 1.21 bits per heavy atom. The molecule has 28 heavy (non-hydrogen) atoms. The summed E-state index contributed by atoms with van der Waals surface area (Å²) in [5, 5.41) is 15.0. The molecule has 2 aromatic carbocycles. The number of nitrogens with zero attached hydrogens (tertiary/aromatic N) is 1. The van der Waals surface area contributed by atoms with Gasteiger partial charge in [0.15, 0.2) is 0 Å². The number of benzene rings is 2. The number of hydrogen-bond donors (Lipinski definition) is 1. The molecule has 0 aliphatic heterocycles. The van der Waals surface area contributed by atoms with E-state index in [2.05, 4.69) is 4.98 Å². The Labute approximate surface area is 170 Å². The predicted molar refractivity (Wildman–Crippen MR) is 113 cm³/mol. The van der Waals surface area contributed by atoms with Crippen LogP contribution in [0.3, 0.4) is 0 Å². The Bertz CT molecular complexity index is 1120. The standard InChI is InChI=1S/C21H17ClN2O3S/c1-27-15-7-4-13(5-8-15)21-20(16-9-6-14(22)11-18(16)23-21)17(12-24(25)26)19-3-2-10-28-19/h2-11,17,23H,12H2,1H3. The average Bonchev–Trinajstić information content (AvgIpc) is 3.34. The summed E-state index contributed by atoms with van der Waals surface area (Å²) in [6.45, 7) is -0.181. The topological polar surface area (TPSA) is 68.2 Å². The molecule has 0 aliphatic carbocycles. The largest absolute Gasteiger partial charge is 0.497 e. The number of methoxy groups -OCH3 is 1. The number of thiophene rings is 1. The number of nitrogens with one attached hydrogen (secondary N) is 1. The molecule has 5 nitrogen and oxygen atoms in total. The van der Waals surface area contributed by atoms with Crippen LogP contribution in [0.4, 0.5) is 0 Å². The van der Waals surface area contributed by atoms with E-state index in [1.807, 2.05) is 60.0 Å². The van der Waals surface area contributed by atoms with Gasteiger partial charge in [0, 0.05) is 31.3 Å². The van der Waals surface area contributed by atoms with Crippen molar-refractivity contribution in [3.63, 3.8) is 0 Å². The van der Waals surface area contributed by atoms with E-state index in [1.165, 1.54) is 11.3 Å². The highest BCUT2D eigenvalue weighted by atomic mass is 35.5. The van der Waals surface area contributed by atoms with E-state index in [-0.39, 0.29) is 17.4 Å². The van der Waals surface area contributed by atoms with Gasteiger partial charge >= 0.3 is 0 Å². The molecule has 1 N–H and O–H groups in total. The van der Waals surface area contributed by atoms with Crippen molar-refractivity contribution in [1.29, 1.82) is 0 Å². The molecule has 2 heterocycles. The molecule has 0 spiro atoms. The summed E-state index contributed by atoms with van der Waals surface area (Å²) in [5.41, 5.74) is 3.57. The first-order valence-corrected chi connectivity index (χ1v) is 9.93. The van der Waals surface area contributed by atoms with Gasteiger partial charge in [-0.05, 0) is 53.4 Å². The highest BCUT2D eigenvalue weighted by Crippen LogP contribution is 2.41. The summed E-state index contributed by atoms with van der Waals surface area (Å²) >= 11 is 7.72. The van der Waals surface area contributed by atoms with Gasteiger partial charge in [0.25, 0.3) is 0 Å². The van der Waals surface area contributed by atoms with Gasteiger partial charge in [-0.15, -0.1) is 11.3 Å². The third kappa shape index (κ3) is 3.48. The first kappa shape index (κ1) is 18.5. The molecule has 7 heteroatoms. The Balaban J connectivity index is 1.97. The predicted octanol–water partition coefficient (Wildman–Crippen LogP) is 5.97. The maximum Gasteiger partial charge on any atom is 0.215 e. The minimum Gasteiger partial charge on any atom is -0.497 e. The Hall–Kier alpha value is -2.83. The lowest BCUT2D eigenvalue weighted by atomic mass is 9.92. The van der Waals surface area contributed by atoms with E-state index in [1.54, 1.807) is 7.11 Å². The van der Waals surface area contributed by atoms with Crippen molar-refractivity contribution in [2.24, 2.45) is 0 Å². The van der Waals surface area contributed by atoms with E-state index in [0.717, 1.165) is 38.4 Å². The zero-order valence-electron chi connectivity index (χ0n) is 15.0. The lowest BCUT2D eigenvalue weighted by Crippen LogP contribution is -2.13. The van der Waals surface area contributed by atoms with Gasteiger partial charge in [-0.25, -0.2) is 0 Å². The number of aromatic nitrogens is 1. The highest BCUT2D eigenvalue weighted by Gasteiger charge is 2.28. The number of fused-ring (bicyclic) bond motifs is 1. The molecule has 0 fully saturated rings. The number of hydrogen-bond acceptors (Lipinski definition) is 4. The second-order valence-corrected chi connectivity index (χ2v) is 7.83. The van der Waals surface area contributed by atoms with Gasteiger partial charge in [-0.3, -0.25) is 10.1 Å². The minimum atomic E-state index is -0.359. The third-order valence-electron chi connectivity index (χ3n) is 4.75. The summed E-state index contributed by atoms with van der Waals surface area (Å²) in [7, 11) is 1.62. The van der Waals surface area contributed by atoms with Gasteiger partial charge in [-0.1, -0.05) is 23.7 Å². The van der Waals surface area contributed by atoms with Gasteiger partial charge in [0.1, 0.15) is 5.75 Å². The summed E-state index contributed by atoms with van der Waals surface area (Å²) in [5.74, 6) is 0.395. The van der Waals surface area contributed by atoms with Crippen LogP contribution in [0.15, 0.2) is 60.0 Å². The fourth-order valence-corrected chi connectivity index (χ4v) is 4.50. The lowest BCUT2D eigenvalue weighted by molar-refractivity contribution is -0.481. The summed E-state index contributed by atoms with van der Waals surface area (Å²) in [6, 6.07) is 17.1. The molecule has 1 atom stereocenters. The minimum absolute atomic E-state index is 0.181. The van der Waals surface area contributed by atoms with E-state index < -0.39 is 0 Å². The van der Waals surface area contributed by atoms with Crippen molar-refractivity contribution in [3.8, 4) is 17.0 Å². The number of halogens is 1. The lowest BCUT2D eigenvalue weighted by Gasteiger charge is -2.14. The van der Waals surface area contributed by atoms with Crippen LogP contribution in [0.25, 0.3) is 22.2 Å². The normalized spacial score (nSPS) is 12.2. The molecule has 2 aromatic heterocycles. The van der Waals surface area contributed by atoms with Crippen LogP contribution in [0.1, 0.15) is 16.4 Å². The van der Waals surface area contributed by atoms with Crippen LogP contribution < -0.4 is 4.74 Å². The number of ether oxygens (including phenoxy) is 1. The number of H-pyrrole nitrogens is 1. The van der Waals surface area contributed by atoms with E-state index in [0.29, 0.717) is 5.02 Å². The molecule has 1 unspecified atom stereocenters. The van der Waals surface area contributed by atoms with Crippen molar-refractivity contribution in [1.82, 2.24) is 4.98 Å². The van der Waals surface area contributed by atoms with Crippen molar-refractivity contribution >= 4 is 33.8 Å². The van der Waals surface area contributed by atoms with Crippen LogP contribution in [-0.4, -0.2) is 23.6 Å². The maximum absolute atomic E-state index is 11.5. The van der Waals surface area contributed by atoms with Gasteiger partial charge in [0.05, 0.1) is 18.7 Å². The molecule has 0 radical (unpaired) electrons. The molecular formula is C21H17ClN2O3S. The summed E-state index contributed by atoms with van der Waals surface area (Å²) in [4.78, 5) is 15.6. The molecule has 142 valence electrons. The maximum atomic E-state index is 11.5. The number of rotatable bonds is 6. The van der Waals surface area contributed by atoms with Crippen LogP contribution in [0.2, 0.25) is 5.02 Å². The summed E-state index contributed by atoms with van der Waals surface area (Å²) < 4.78 is 5.25. The van der Waals surface area contributed by atoms with E-state index in [4.69, 9.17) is 16.3 Å². The molecule has 4 aromatic rings. The molecule has 0 aliphatic rings. The Kier molecular flexibility index (Phi) is 5.07. The average molecular weight is 413 g/mol. The number of aromatic amines is 1.